The second-order valence-corrected chi connectivity index (χ2v) is 9.42. The van der Waals surface area contributed by atoms with E-state index in [1.165, 1.54) is 17.6 Å². The molecule has 20 heavy (non-hydrogen) atoms. The molecule has 0 radical (unpaired) electrons. The molecule has 0 saturated heterocycles. The van der Waals surface area contributed by atoms with Crippen LogP contribution >= 0.6 is 22.9 Å². The fourth-order valence-corrected chi connectivity index (χ4v) is 3.69. The van der Waals surface area contributed by atoms with Gasteiger partial charge in [0.2, 0.25) is 0 Å². The average molecular weight is 330 g/mol. The maximum Gasteiger partial charge on any atom is 0.159 e. The summed E-state index contributed by atoms with van der Waals surface area (Å²) in [7, 11) is -3.22. The normalized spacial score (nSPS) is 12.7. The molecule has 2 aromatic rings. The number of hydrogen-bond acceptors (Lipinski definition) is 4. The lowest BCUT2D eigenvalue weighted by molar-refractivity contribution is 0.560. The summed E-state index contributed by atoms with van der Waals surface area (Å²) >= 11 is 7.30. The third-order valence-electron chi connectivity index (χ3n) is 3.36. The van der Waals surface area contributed by atoms with Gasteiger partial charge >= 0.3 is 0 Å². The Bertz CT molecular complexity index is 731. The van der Waals surface area contributed by atoms with Crippen LogP contribution in [0.2, 0.25) is 5.02 Å². The predicted octanol–water partition coefficient (Wildman–Crippen LogP) is 4.05. The van der Waals surface area contributed by atoms with Gasteiger partial charge in [0.1, 0.15) is 9.75 Å². The van der Waals surface area contributed by atoms with E-state index >= 15 is 0 Å². The van der Waals surface area contributed by atoms with Crippen molar-refractivity contribution in [1.29, 1.82) is 0 Å². The fourth-order valence-electron chi connectivity index (χ4n) is 1.69. The maximum atomic E-state index is 11.9. The van der Waals surface area contributed by atoms with Crippen molar-refractivity contribution in [3.05, 3.63) is 39.2 Å². The minimum absolute atomic E-state index is 0.613. The van der Waals surface area contributed by atoms with Crippen molar-refractivity contribution < 1.29 is 8.42 Å². The van der Waals surface area contributed by atoms with E-state index in [0.717, 1.165) is 16.1 Å². The first-order valence-corrected chi connectivity index (χ1v) is 9.15. The van der Waals surface area contributed by atoms with Gasteiger partial charge in [0.15, 0.2) is 9.84 Å². The highest BCUT2D eigenvalue weighted by Gasteiger charge is 2.36. The van der Waals surface area contributed by atoms with Gasteiger partial charge in [-0.25, -0.2) is 13.4 Å². The Hall–Kier alpha value is -0.910. The van der Waals surface area contributed by atoms with E-state index in [2.05, 4.69) is 4.98 Å². The third kappa shape index (κ3) is 2.75. The summed E-state index contributed by atoms with van der Waals surface area (Å²) in [5.41, 5.74) is 1.76. The molecule has 0 unspecified atom stereocenters. The molecule has 0 aliphatic heterocycles. The molecule has 0 bridgehead atoms. The van der Waals surface area contributed by atoms with E-state index in [4.69, 9.17) is 11.6 Å². The Morgan fingerprint density at radius 1 is 1.20 bits per heavy atom. The standard InChI is InChI=1S/C14H16ClNO2S2/c1-9-12(10-5-7-11(15)8-6-10)16-13(19-9)14(2,3)20(4,17)18/h5-8H,1-4H3. The summed E-state index contributed by atoms with van der Waals surface area (Å²) in [6.45, 7) is 5.32. The SMILES string of the molecule is Cc1sc(C(C)(C)S(C)(=O)=O)nc1-c1ccc(Cl)cc1. The van der Waals surface area contributed by atoms with Crippen molar-refractivity contribution >= 4 is 32.8 Å². The van der Waals surface area contributed by atoms with Gasteiger partial charge in [0.05, 0.1) is 5.69 Å². The topological polar surface area (TPSA) is 47.0 Å². The Kier molecular flexibility index (Phi) is 3.97. The molecule has 1 aromatic carbocycles. The molecule has 0 aliphatic carbocycles. The van der Waals surface area contributed by atoms with Gasteiger partial charge < -0.3 is 0 Å². The van der Waals surface area contributed by atoms with Crippen molar-refractivity contribution in [2.75, 3.05) is 6.26 Å². The molecule has 0 aliphatic rings. The molecule has 0 amide bonds. The van der Waals surface area contributed by atoms with Gasteiger partial charge in [-0.15, -0.1) is 11.3 Å². The lowest BCUT2D eigenvalue weighted by Crippen LogP contribution is -2.27. The summed E-state index contributed by atoms with van der Waals surface area (Å²) in [6.07, 6.45) is 1.24. The zero-order valence-corrected chi connectivity index (χ0v) is 14.2. The van der Waals surface area contributed by atoms with Crippen LogP contribution in [0.15, 0.2) is 24.3 Å². The zero-order valence-electron chi connectivity index (χ0n) is 11.8. The smallest absolute Gasteiger partial charge is 0.159 e. The molecule has 108 valence electrons. The van der Waals surface area contributed by atoms with E-state index in [0.29, 0.717) is 10.0 Å². The average Bonchev–Trinajstić information content (AvgIpc) is 2.71. The highest BCUT2D eigenvalue weighted by Crippen LogP contribution is 2.37. The number of nitrogens with zero attached hydrogens (tertiary/aromatic N) is 1. The third-order valence-corrected chi connectivity index (χ3v) is 7.08. The fraction of sp³-hybridized carbons (Fsp3) is 0.357. The number of aryl methyl sites for hydroxylation is 1. The number of thiazole rings is 1. The van der Waals surface area contributed by atoms with E-state index in [1.54, 1.807) is 26.0 Å². The van der Waals surface area contributed by atoms with Crippen molar-refractivity contribution in [3.63, 3.8) is 0 Å². The van der Waals surface area contributed by atoms with Gasteiger partial charge in [0, 0.05) is 21.7 Å². The molecule has 0 atom stereocenters. The second kappa shape index (κ2) is 5.13. The van der Waals surface area contributed by atoms with Crippen LogP contribution in [0.1, 0.15) is 23.7 Å². The lowest BCUT2D eigenvalue weighted by atomic mass is 10.1. The summed E-state index contributed by atoms with van der Waals surface area (Å²) in [6, 6.07) is 7.39. The van der Waals surface area contributed by atoms with Crippen LogP contribution in [0.4, 0.5) is 0 Å². The molecule has 3 nitrogen and oxygen atoms in total. The number of hydrogen-bond donors (Lipinski definition) is 0. The van der Waals surface area contributed by atoms with Gasteiger partial charge in [-0.2, -0.15) is 0 Å². The van der Waals surface area contributed by atoms with Crippen LogP contribution < -0.4 is 0 Å². The Balaban J connectivity index is 2.53. The largest absolute Gasteiger partial charge is 0.239 e. The Labute approximate surface area is 128 Å². The Morgan fingerprint density at radius 2 is 1.75 bits per heavy atom. The van der Waals surface area contributed by atoms with Crippen molar-refractivity contribution in [2.45, 2.75) is 25.5 Å². The first-order chi connectivity index (χ1) is 9.13. The minimum atomic E-state index is -3.22. The molecule has 6 heteroatoms. The summed E-state index contributed by atoms with van der Waals surface area (Å²) in [5, 5.41) is 1.28. The zero-order chi connectivity index (χ0) is 15.1. The second-order valence-electron chi connectivity index (χ2n) is 5.21. The number of halogens is 1. The molecule has 0 saturated carbocycles. The van der Waals surface area contributed by atoms with E-state index in [-0.39, 0.29) is 0 Å². The van der Waals surface area contributed by atoms with Crippen LogP contribution in [0.3, 0.4) is 0 Å². The molecule has 0 N–H and O–H groups in total. The molecule has 1 aromatic heterocycles. The quantitative estimate of drug-likeness (QED) is 0.853. The monoisotopic (exact) mass is 329 g/mol. The summed E-state index contributed by atoms with van der Waals surface area (Å²) in [4.78, 5) is 5.54. The first-order valence-electron chi connectivity index (χ1n) is 6.06. The molecular formula is C14H16ClNO2S2. The van der Waals surface area contributed by atoms with Crippen LogP contribution in [0.25, 0.3) is 11.3 Å². The Morgan fingerprint density at radius 3 is 2.25 bits per heavy atom. The van der Waals surface area contributed by atoms with Crippen molar-refractivity contribution in [1.82, 2.24) is 4.98 Å². The summed E-state index contributed by atoms with van der Waals surface area (Å²) < 4.78 is 22.8. The maximum absolute atomic E-state index is 11.9. The molecule has 0 fully saturated rings. The number of benzene rings is 1. The minimum Gasteiger partial charge on any atom is -0.239 e. The molecule has 0 spiro atoms. The number of aromatic nitrogens is 1. The van der Waals surface area contributed by atoms with Crippen LogP contribution in [-0.4, -0.2) is 19.7 Å². The highest BCUT2D eigenvalue weighted by molar-refractivity contribution is 7.91. The van der Waals surface area contributed by atoms with Gasteiger partial charge in [-0.05, 0) is 32.9 Å². The number of sulfone groups is 1. The molecular weight excluding hydrogens is 314 g/mol. The summed E-state index contributed by atoms with van der Waals surface area (Å²) in [5.74, 6) is 0. The first kappa shape index (κ1) is 15.5. The number of rotatable bonds is 3. The van der Waals surface area contributed by atoms with Gasteiger partial charge in [0.25, 0.3) is 0 Å². The van der Waals surface area contributed by atoms with E-state index in [9.17, 15) is 8.42 Å². The van der Waals surface area contributed by atoms with Crippen LogP contribution in [-0.2, 0) is 14.6 Å². The highest BCUT2D eigenvalue weighted by atomic mass is 35.5. The van der Waals surface area contributed by atoms with E-state index in [1.807, 2.05) is 19.1 Å². The van der Waals surface area contributed by atoms with Crippen LogP contribution in [0.5, 0.6) is 0 Å². The van der Waals surface area contributed by atoms with Crippen LogP contribution in [0, 0.1) is 6.92 Å². The molecule has 2 rings (SSSR count). The van der Waals surface area contributed by atoms with E-state index < -0.39 is 14.6 Å². The molecule has 1 heterocycles. The lowest BCUT2D eigenvalue weighted by Gasteiger charge is -2.19. The van der Waals surface area contributed by atoms with Crippen molar-refractivity contribution in [2.24, 2.45) is 0 Å². The van der Waals surface area contributed by atoms with Crippen molar-refractivity contribution in [3.8, 4) is 11.3 Å². The van der Waals surface area contributed by atoms with Gasteiger partial charge in [-0.1, -0.05) is 23.7 Å². The van der Waals surface area contributed by atoms with Gasteiger partial charge in [-0.3, -0.25) is 0 Å². The predicted molar refractivity (Wildman–Crippen MR) is 85.2 cm³/mol.